The van der Waals surface area contributed by atoms with Crippen LogP contribution in [0.3, 0.4) is 0 Å². The van der Waals surface area contributed by atoms with Crippen molar-refractivity contribution in [3.63, 3.8) is 0 Å². The van der Waals surface area contributed by atoms with E-state index in [9.17, 15) is 0 Å². The quantitative estimate of drug-likeness (QED) is 0.190. The van der Waals surface area contributed by atoms with Crippen LogP contribution in [-0.2, 0) is 0 Å². The van der Waals surface area contributed by atoms with Gasteiger partial charge in [0.2, 0.25) is 0 Å². The van der Waals surface area contributed by atoms with Gasteiger partial charge in [-0.15, -0.1) is 17.5 Å². The molecule has 0 fully saturated rings. The van der Waals surface area contributed by atoms with Gasteiger partial charge in [0.1, 0.15) is 0 Å². The van der Waals surface area contributed by atoms with Gasteiger partial charge in [0.05, 0.1) is 0 Å². The summed E-state index contributed by atoms with van der Waals surface area (Å²) in [5.41, 5.74) is 1.32. The van der Waals surface area contributed by atoms with Crippen LogP contribution in [0.2, 0.25) is 0 Å². The standard InChI is InChI=1S/C20H20.4Li/c1-2-3-4-5-9-16-12-8-13-19-14-17-10-6-7-11-18(17)15-20(16)19;;;;/h5-15H,2-4H2,1H3;;;;/q-2;4*+1. The number of rotatable bonds is 5. The first kappa shape index (κ1) is 26.7. The molecular weight excluding hydrogens is 268 g/mol. The monoisotopic (exact) mass is 288 g/mol. The maximum absolute atomic E-state index is 2.31. The van der Waals surface area contributed by atoms with E-state index >= 15 is 0 Å². The number of fused-ring (bicyclic) bond motifs is 2. The molecule has 3 aromatic rings. The van der Waals surface area contributed by atoms with Crippen LogP contribution >= 0.6 is 0 Å². The molecule has 0 aliphatic carbocycles. The smallest absolute Gasteiger partial charge is 0.368 e. The van der Waals surface area contributed by atoms with Gasteiger partial charge in [0, 0.05) is 0 Å². The molecule has 102 valence electrons. The molecule has 0 radical (unpaired) electrons. The van der Waals surface area contributed by atoms with E-state index in [0.29, 0.717) is 0 Å². The van der Waals surface area contributed by atoms with Crippen LogP contribution in [0, 0.1) is 12.8 Å². The van der Waals surface area contributed by atoms with Gasteiger partial charge in [-0.3, -0.25) is 0 Å². The second-order valence-electron chi connectivity index (χ2n) is 5.31. The van der Waals surface area contributed by atoms with Crippen LogP contribution < -0.4 is 75.4 Å². The number of benzene rings is 3. The average Bonchev–Trinajstić information content (AvgIpc) is 2.50. The normalized spacial score (nSPS) is 9.21. The average molecular weight is 288 g/mol. The van der Waals surface area contributed by atoms with Crippen LogP contribution in [0.4, 0.5) is 0 Å². The van der Waals surface area contributed by atoms with E-state index in [2.05, 4.69) is 74.4 Å². The molecule has 24 heavy (non-hydrogen) atoms. The number of hydrogen-bond donors (Lipinski definition) is 0. The molecule has 0 atom stereocenters. The van der Waals surface area contributed by atoms with Crippen molar-refractivity contribution in [2.24, 2.45) is 0 Å². The maximum Gasteiger partial charge on any atom is 1.00 e. The second-order valence-corrected chi connectivity index (χ2v) is 5.31. The Morgan fingerprint density at radius 3 is 2.04 bits per heavy atom. The molecule has 0 amide bonds. The van der Waals surface area contributed by atoms with Crippen LogP contribution in [0.25, 0.3) is 21.5 Å². The largest absolute Gasteiger partial charge is 1.00 e. The van der Waals surface area contributed by atoms with E-state index in [1.807, 2.05) is 0 Å². The molecular formula is C20H20Li4+2. The topological polar surface area (TPSA) is 0 Å². The minimum absolute atomic E-state index is 0. The molecule has 0 bridgehead atoms. The third-order valence-corrected chi connectivity index (χ3v) is 3.80. The van der Waals surface area contributed by atoms with Crippen LogP contribution in [0.1, 0.15) is 31.7 Å². The summed E-state index contributed by atoms with van der Waals surface area (Å²) in [4.78, 5) is 0. The summed E-state index contributed by atoms with van der Waals surface area (Å²) in [6, 6.07) is 19.7. The zero-order valence-corrected chi connectivity index (χ0v) is 16.0. The first-order chi connectivity index (χ1) is 9.88. The minimum atomic E-state index is 0. The molecule has 0 aliphatic rings. The first-order valence-corrected chi connectivity index (χ1v) is 7.46. The van der Waals surface area contributed by atoms with Crippen LogP contribution in [0.5, 0.6) is 0 Å². The van der Waals surface area contributed by atoms with Crippen molar-refractivity contribution < 1.29 is 75.4 Å². The summed E-state index contributed by atoms with van der Waals surface area (Å²) >= 11 is 0. The van der Waals surface area contributed by atoms with Gasteiger partial charge in [0.25, 0.3) is 0 Å². The Kier molecular flexibility index (Phi) is 15.1. The molecule has 3 rings (SSSR count). The van der Waals surface area contributed by atoms with Crippen molar-refractivity contribution in [3.05, 3.63) is 73.0 Å². The van der Waals surface area contributed by atoms with E-state index < -0.39 is 0 Å². The van der Waals surface area contributed by atoms with Crippen molar-refractivity contribution in [3.8, 4) is 0 Å². The van der Waals surface area contributed by atoms with Crippen LogP contribution in [-0.4, -0.2) is 0 Å². The Bertz CT molecular complexity index is 725. The van der Waals surface area contributed by atoms with E-state index in [0.717, 1.165) is 0 Å². The summed E-state index contributed by atoms with van der Waals surface area (Å²) in [6.45, 7) is 2.23. The Morgan fingerprint density at radius 2 is 1.38 bits per heavy atom. The Labute approximate surface area is 194 Å². The van der Waals surface area contributed by atoms with E-state index in [4.69, 9.17) is 0 Å². The fourth-order valence-corrected chi connectivity index (χ4v) is 2.67. The zero-order valence-electron chi connectivity index (χ0n) is 16.0. The molecule has 0 aliphatic heterocycles. The maximum atomic E-state index is 2.31. The van der Waals surface area contributed by atoms with Gasteiger partial charge >= 0.3 is 75.4 Å². The minimum Gasteiger partial charge on any atom is -0.368 e. The first-order valence-electron chi connectivity index (χ1n) is 7.46. The van der Waals surface area contributed by atoms with Gasteiger partial charge in [-0.1, -0.05) is 61.5 Å². The Balaban J connectivity index is 0. The predicted octanol–water partition coefficient (Wildman–Crippen LogP) is -6.04. The second kappa shape index (κ2) is 13.6. The van der Waals surface area contributed by atoms with Crippen molar-refractivity contribution in [2.75, 3.05) is 0 Å². The molecule has 0 nitrogen and oxygen atoms in total. The van der Waals surface area contributed by atoms with Gasteiger partial charge in [0.15, 0.2) is 0 Å². The molecule has 0 heterocycles. The summed E-state index contributed by atoms with van der Waals surface area (Å²) < 4.78 is 0. The number of hydrogen-bond acceptors (Lipinski definition) is 0. The summed E-state index contributed by atoms with van der Waals surface area (Å²) in [7, 11) is 0. The van der Waals surface area contributed by atoms with Gasteiger partial charge in [-0.2, -0.15) is 12.5 Å². The summed E-state index contributed by atoms with van der Waals surface area (Å²) in [5, 5.41) is 5.29. The predicted molar refractivity (Wildman–Crippen MR) is 88.7 cm³/mol. The summed E-state index contributed by atoms with van der Waals surface area (Å²) in [6.07, 6.45) is 8.26. The Hall–Kier alpha value is 0.440. The molecule has 0 saturated heterocycles. The molecule has 0 N–H and O–H groups in total. The molecule has 0 unspecified atom stereocenters. The molecule has 0 spiro atoms. The molecule has 0 aromatic heterocycles. The van der Waals surface area contributed by atoms with Gasteiger partial charge < -0.3 is 12.8 Å². The molecule has 4 heteroatoms. The van der Waals surface area contributed by atoms with Crippen molar-refractivity contribution in [1.29, 1.82) is 0 Å². The van der Waals surface area contributed by atoms with Crippen molar-refractivity contribution in [2.45, 2.75) is 26.2 Å². The third-order valence-electron chi connectivity index (χ3n) is 3.80. The Morgan fingerprint density at radius 1 is 0.750 bits per heavy atom. The summed E-state index contributed by atoms with van der Waals surface area (Å²) in [5.74, 6) is 0. The van der Waals surface area contributed by atoms with Crippen molar-refractivity contribution in [1.82, 2.24) is 0 Å². The van der Waals surface area contributed by atoms with Crippen LogP contribution in [0.15, 0.2) is 54.6 Å². The van der Waals surface area contributed by atoms with Gasteiger partial charge in [-0.25, -0.2) is 5.56 Å². The SMILES string of the molecule is CCCC[CH-][CH-]c1cccc2cc3ccccc3cc12.[Li+].[Li+].[Li+].[Li+]. The number of unbranched alkanes of at least 4 members (excludes halogenated alkanes) is 3. The fraction of sp³-hybridized carbons (Fsp3) is 0.200. The third kappa shape index (κ3) is 6.63. The molecule has 3 aromatic carbocycles. The molecule has 0 saturated carbocycles. The van der Waals surface area contributed by atoms with E-state index in [-0.39, 0.29) is 75.4 Å². The zero-order chi connectivity index (χ0) is 13.8. The van der Waals surface area contributed by atoms with Crippen molar-refractivity contribution >= 4 is 21.5 Å². The van der Waals surface area contributed by atoms with E-state index in [1.165, 1.54) is 46.4 Å². The van der Waals surface area contributed by atoms with Gasteiger partial charge in [-0.05, 0) is 10.8 Å². The fourth-order valence-electron chi connectivity index (χ4n) is 2.67. The van der Waals surface area contributed by atoms with E-state index in [1.54, 1.807) is 0 Å².